The summed E-state index contributed by atoms with van der Waals surface area (Å²) >= 11 is 1.56. The molecule has 5 rings (SSSR count). The first kappa shape index (κ1) is 40.7. The number of piperidine rings is 1. The number of benzene rings is 3. The number of rotatable bonds is 18. The Hall–Kier alpha value is -5.43. The molecule has 0 aliphatic carbocycles. The Kier molecular flexibility index (Phi) is 14.3. The van der Waals surface area contributed by atoms with Crippen LogP contribution in [0.5, 0.6) is 34.5 Å². The van der Waals surface area contributed by atoms with Crippen molar-refractivity contribution in [3.05, 3.63) is 93.2 Å². The number of nitrogens with zero attached hydrogens (tertiary/aromatic N) is 1. The minimum Gasteiger partial charge on any atom is -0.493 e. The molecule has 0 saturated carbocycles. The van der Waals surface area contributed by atoms with E-state index in [0.717, 1.165) is 34.6 Å². The highest BCUT2D eigenvalue weighted by molar-refractivity contribution is 7.12. The first-order chi connectivity index (χ1) is 26.6. The van der Waals surface area contributed by atoms with Gasteiger partial charge in [-0.05, 0) is 104 Å². The molecule has 1 saturated heterocycles. The highest BCUT2D eigenvalue weighted by Gasteiger charge is 2.39. The quantitative estimate of drug-likeness (QED) is 0.102. The number of hydrogen-bond acceptors (Lipinski definition) is 11. The number of ether oxygens (including phenoxy) is 7. The van der Waals surface area contributed by atoms with Gasteiger partial charge < -0.3 is 43.2 Å². The summed E-state index contributed by atoms with van der Waals surface area (Å²) in [7, 11) is 7.73. The number of carboxylic acid groups (broad SMARTS) is 1. The summed E-state index contributed by atoms with van der Waals surface area (Å²) in [6.07, 6.45) is 2.86. The van der Waals surface area contributed by atoms with Gasteiger partial charge in [0.2, 0.25) is 11.7 Å². The van der Waals surface area contributed by atoms with Crippen molar-refractivity contribution in [3.8, 4) is 34.5 Å². The van der Waals surface area contributed by atoms with Gasteiger partial charge in [0.25, 0.3) is 0 Å². The second-order valence-corrected chi connectivity index (χ2v) is 14.2. The number of esters is 1. The fourth-order valence-corrected chi connectivity index (χ4v) is 7.91. The Morgan fingerprint density at radius 3 is 2.18 bits per heavy atom. The second-order valence-electron chi connectivity index (χ2n) is 13.0. The monoisotopic (exact) mass is 775 g/mol. The SMILES string of the molecule is CCc1ccc([C@H](C(=O)N2CCCC[C@H]2C(=O)O[C@H](CCc2ccc(OC)c(OC)c2)c2cccc(OCC(=O)O)c2)c2cc(OC)c(OC)c(OC)c2)s1. The molecule has 13 heteroatoms. The van der Waals surface area contributed by atoms with Crippen molar-refractivity contribution in [3.63, 3.8) is 0 Å². The van der Waals surface area contributed by atoms with E-state index in [9.17, 15) is 19.5 Å². The van der Waals surface area contributed by atoms with Crippen molar-refractivity contribution in [2.75, 3.05) is 48.7 Å². The summed E-state index contributed by atoms with van der Waals surface area (Å²) in [4.78, 5) is 44.2. The van der Waals surface area contributed by atoms with E-state index in [0.29, 0.717) is 71.4 Å². The van der Waals surface area contributed by atoms with E-state index in [1.807, 2.05) is 36.4 Å². The Morgan fingerprint density at radius 2 is 1.55 bits per heavy atom. The topological polar surface area (TPSA) is 139 Å². The maximum atomic E-state index is 14.9. The number of carbonyl (C=O) groups excluding carboxylic acids is 2. The molecular formula is C42H49NO11S. The molecule has 1 aliphatic heterocycles. The van der Waals surface area contributed by atoms with Gasteiger partial charge in [0.15, 0.2) is 29.6 Å². The number of methoxy groups -OCH3 is 5. The lowest BCUT2D eigenvalue weighted by molar-refractivity contribution is -0.162. The van der Waals surface area contributed by atoms with Crippen LogP contribution in [-0.2, 0) is 32.0 Å². The lowest BCUT2D eigenvalue weighted by Crippen LogP contribution is -2.50. The van der Waals surface area contributed by atoms with Crippen LogP contribution >= 0.6 is 11.3 Å². The number of aliphatic carboxylic acids is 1. The molecule has 0 radical (unpaired) electrons. The van der Waals surface area contributed by atoms with Gasteiger partial charge >= 0.3 is 11.9 Å². The molecule has 1 N–H and O–H groups in total. The highest BCUT2D eigenvalue weighted by Crippen LogP contribution is 2.43. The summed E-state index contributed by atoms with van der Waals surface area (Å²) < 4.78 is 39.6. The molecule has 1 amide bonds. The van der Waals surface area contributed by atoms with E-state index in [1.165, 1.54) is 21.3 Å². The van der Waals surface area contributed by atoms with E-state index in [-0.39, 0.29) is 5.91 Å². The summed E-state index contributed by atoms with van der Waals surface area (Å²) in [5, 5.41) is 9.19. The molecular weight excluding hydrogens is 727 g/mol. The van der Waals surface area contributed by atoms with Crippen molar-refractivity contribution < 1.29 is 52.6 Å². The smallest absolute Gasteiger partial charge is 0.341 e. The average Bonchev–Trinajstić information content (AvgIpc) is 3.69. The predicted octanol–water partition coefficient (Wildman–Crippen LogP) is 7.25. The van der Waals surface area contributed by atoms with Crippen LogP contribution < -0.4 is 28.4 Å². The number of amides is 1. The largest absolute Gasteiger partial charge is 0.493 e. The normalized spacial score (nSPS) is 15.0. The Labute approximate surface area is 325 Å². The van der Waals surface area contributed by atoms with Crippen LogP contribution in [-0.4, -0.2) is 82.6 Å². The van der Waals surface area contributed by atoms with Gasteiger partial charge in [-0.3, -0.25) is 4.79 Å². The fourth-order valence-electron chi connectivity index (χ4n) is 6.84. The van der Waals surface area contributed by atoms with Gasteiger partial charge in [0.05, 0.1) is 41.5 Å². The van der Waals surface area contributed by atoms with Crippen LogP contribution in [0.15, 0.2) is 66.7 Å². The van der Waals surface area contributed by atoms with E-state index in [1.54, 1.807) is 60.8 Å². The zero-order valence-corrected chi connectivity index (χ0v) is 32.9. The van der Waals surface area contributed by atoms with Crippen LogP contribution in [0.25, 0.3) is 0 Å². The molecule has 2 heterocycles. The Morgan fingerprint density at radius 1 is 0.818 bits per heavy atom. The first-order valence-corrected chi connectivity index (χ1v) is 19.0. The maximum absolute atomic E-state index is 14.9. The molecule has 3 aromatic carbocycles. The van der Waals surface area contributed by atoms with Crippen LogP contribution in [0.1, 0.15) is 71.1 Å². The van der Waals surface area contributed by atoms with E-state index in [2.05, 4.69) is 6.92 Å². The number of carbonyl (C=O) groups is 3. The van der Waals surface area contributed by atoms with Crippen molar-refractivity contribution in [1.82, 2.24) is 4.90 Å². The molecule has 1 fully saturated rings. The summed E-state index contributed by atoms with van der Waals surface area (Å²) in [6, 6.07) is 19.2. The van der Waals surface area contributed by atoms with Gasteiger partial charge in [0, 0.05) is 16.3 Å². The third kappa shape index (κ3) is 9.82. The standard InChI is InChI=1S/C42H49NO11S/c1-7-30-16-19-37(55-30)39(28-23-35(50-4)40(52-6)36(24-28)51-5)41(46)43-20-9-8-13-31(43)42(47)54-32(27-11-10-12-29(22-27)53-25-38(44)45)17-14-26-15-18-33(48-2)34(21-26)49-3/h10-12,15-16,18-19,21-24,31-32,39H,7-9,13-14,17,20,25H2,1-6H3,(H,44,45)/t31-,32+,39+/m0/s1. The number of aryl methyl sites for hydroxylation is 2. The van der Waals surface area contributed by atoms with Gasteiger partial charge in [-0.1, -0.05) is 25.1 Å². The van der Waals surface area contributed by atoms with Crippen molar-refractivity contribution in [2.45, 2.75) is 63.5 Å². The van der Waals surface area contributed by atoms with Crippen molar-refractivity contribution in [2.24, 2.45) is 0 Å². The van der Waals surface area contributed by atoms with Crippen LogP contribution in [0.2, 0.25) is 0 Å². The van der Waals surface area contributed by atoms with E-state index >= 15 is 0 Å². The number of carboxylic acids is 1. The molecule has 0 unspecified atom stereocenters. The molecule has 0 bridgehead atoms. The highest BCUT2D eigenvalue weighted by atomic mass is 32.1. The Balaban J connectivity index is 1.48. The first-order valence-electron chi connectivity index (χ1n) is 18.2. The van der Waals surface area contributed by atoms with E-state index in [4.69, 9.17) is 33.2 Å². The summed E-state index contributed by atoms with van der Waals surface area (Å²) in [5.41, 5.74) is 2.21. The minimum absolute atomic E-state index is 0.230. The Bertz CT molecular complexity index is 1920. The predicted molar refractivity (Wildman–Crippen MR) is 207 cm³/mol. The third-order valence-corrected chi connectivity index (χ3v) is 10.9. The summed E-state index contributed by atoms with van der Waals surface area (Å²) in [6.45, 7) is 1.92. The molecule has 12 nitrogen and oxygen atoms in total. The zero-order chi connectivity index (χ0) is 39.5. The lowest BCUT2D eigenvalue weighted by Gasteiger charge is -2.37. The average molecular weight is 776 g/mol. The number of hydrogen-bond donors (Lipinski definition) is 1. The summed E-state index contributed by atoms with van der Waals surface area (Å²) in [5.74, 6) is 0.141. The number of thiophene rings is 1. The fraction of sp³-hybridized carbons (Fsp3) is 0.405. The maximum Gasteiger partial charge on any atom is 0.341 e. The molecule has 3 atom stereocenters. The minimum atomic E-state index is -1.11. The van der Waals surface area contributed by atoms with Gasteiger partial charge in [0.1, 0.15) is 17.9 Å². The van der Waals surface area contributed by atoms with Gasteiger partial charge in [-0.2, -0.15) is 0 Å². The third-order valence-electron chi connectivity index (χ3n) is 9.63. The second kappa shape index (κ2) is 19.2. The van der Waals surface area contributed by atoms with Crippen LogP contribution in [0.4, 0.5) is 0 Å². The molecule has 294 valence electrons. The lowest BCUT2D eigenvalue weighted by atomic mass is 9.92. The van der Waals surface area contributed by atoms with Crippen LogP contribution in [0.3, 0.4) is 0 Å². The molecule has 1 aromatic heterocycles. The zero-order valence-electron chi connectivity index (χ0n) is 32.1. The molecule has 55 heavy (non-hydrogen) atoms. The molecule has 4 aromatic rings. The van der Waals surface area contributed by atoms with Crippen LogP contribution in [0, 0.1) is 0 Å². The molecule has 0 spiro atoms. The van der Waals surface area contributed by atoms with E-state index < -0.39 is 36.6 Å². The molecule has 1 aliphatic rings. The van der Waals surface area contributed by atoms with Crippen molar-refractivity contribution in [1.29, 1.82) is 0 Å². The van der Waals surface area contributed by atoms with Crippen molar-refractivity contribution >= 4 is 29.2 Å². The number of likely N-dealkylation sites (tertiary alicyclic amines) is 1. The van der Waals surface area contributed by atoms with Gasteiger partial charge in [-0.15, -0.1) is 11.3 Å². The van der Waals surface area contributed by atoms with Gasteiger partial charge in [-0.25, -0.2) is 9.59 Å².